The molecular formula is C16H16Br. The Labute approximate surface area is 112 Å². The van der Waals surface area contributed by atoms with Crippen LogP contribution in [-0.4, -0.2) is 5.33 Å². The maximum absolute atomic E-state index is 4.47. The molecule has 2 aromatic rings. The molecular weight excluding hydrogens is 272 g/mol. The number of hydrogen-bond donors (Lipinski definition) is 0. The summed E-state index contributed by atoms with van der Waals surface area (Å²) in [6.45, 7) is 4.47. The van der Waals surface area contributed by atoms with Gasteiger partial charge in [0, 0.05) is 10.7 Å². The van der Waals surface area contributed by atoms with Gasteiger partial charge in [0.2, 0.25) is 0 Å². The number of rotatable bonds is 4. The minimum Gasteiger partial charge on any atom is -0.0928 e. The summed E-state index contributed by atoms with van der Waals surface area (Å²) in [5.74, 6) is 0. The van der Waals surface area contributed by atoms with E-state index in [0.717, 1.165) is 11.8 Å². The smallest absolute Gasteiger partial charge is 0.0211 e. The van der Waals surface area contributed by atoms with Gasteiger partial charge in [-0.25, -0.2) is 0 Å². The lowest BCUT2D eigenvalue weighted by atomic mass is 9.74. The van der Waals surface area contributed by atoms with Crippen LogP contribution < -0.4 is 0 Å². The second kappa shape index (κ2) is 5.50. The van der Waals surface area contributed by atoms with Gasteiger partial charge in [0.25, 0.3) is 0 Å². The Morgan fingerprint density at radius 2 is 1.24 bits per heavy atom. The van der Waals surface area contributed by atoms with Crippen molar-refractivity contribution in [3.63, 3.8) is 0 Å². The second-order valence-corrected chi connectivity index (χ2v) is 5.05. The average molecular weight is 288 g/mol. The summed E-state index contributed by atoms with van der Waals surface area (Å²) in [6, 6.07) is 21.0. The predicted molar refractivity (Wildman–Crippen MR) is 77.4 cm³/mol. The van der Waals surface area contributed by atoms with Gasteiger partial charge >= 0.3 is 0 Å². The standard InChI is InChI=1S/C16H16Br/c1-16(12-13-17,14-8-4-2-5-9-14)15-10-6-3-7-11-15/h2-11H,1,12-13H2. The number of halogens is 1. The third-order valence-corrected chi connectivity index (χ3v) is 3.57. The molecule has 0 spiro atoms. The van der Waals surface area contributed by atoms with E-state index in [-0.39, 0.29) is 5.41 Å². The van der Waals surface area contributed by atoms with Crippen LogP contribution in [0.1, 0.15) is 17.5 Å². The summed E-state index contributed by atoms with van der Waals surface area (Å²) in [7, 11) is 0. The first kappa shape index (κ1) is 12.4. The highest BCUT2D eigenvalue weighted by Crippen LogP contribution is 2.35. The summed E-state index contributed by atoms with van der Waals surface area (Å²) < 4.78 is 0. The molecule has 0 aromatic heterocycles. The molecule has 0 saturated carbocycles. The van der Waals surface area contributed by atoms with Gasteiger partial charge < -0.3 is 0 Å². The molecule has 0 aliphatic heterocycles. The van der Waals surface area contributed by atoms with E-state index in [2.05, 4.69) is 71.4 Å². The monoisotopic (exact) mass is 287 g/mol. The normalized spacial score (nSPS) is 11.4. The molecule has 0 fully saturated rings. The molecule has 0 bridgehead atoms. The van der Waals surface area contributed by atoms with Gasteiger partial charge in [0.1, 0.15) is 0 Å². The molecule has 0 saturated heterocycles. The predicted octanol–water partition coefficient (Wildman–Crippen LogP) is 4.59. The van der Waals surface area contributed by atoms with Crippen molar-refractivity contribution < 1.29 is 0 Å². The third kappa shape index (κ3) is 2.61. The van der Waals surface area contributed by atoms with E-state index in [1.807, 2.05) is 12.1 Å². The minimum atomic E-state index is -0.161. The molecule has 17 heavy (non-hydrogen) atoms. The highest BCUT2D eigenvalue weighted by Gasteiger charge is 2.27. The number of hydrogen-bond acceptors (Lipinski definition) is 0. The van der Waals surface area contributed by atoms with Crippen LogP contribution in [0.4, 0.5) is 0 Å². The summed E-state index contributed by atoms with van der Waals surface area (Å²) in [4.78, 5) is 0. The molecule has 2 aromatic carbocycles. The molecule has 0 amide bonds. The highest BCUT2D eigenvalue weighted by atomic mass is 79.9. The number of benzene rings is 2. The zero-order valence-electron chi connectivity index (χ0n) is 9.77. The molecule has 2 rings (SSSR count). The molecule has 0 unspecified atom stereocenters. The van der Waals surface area contributed by atoms with Crippen molar-refractivity contribution >= 4 is 15.9 Å². The lowest BCUT2D eigenvalue weighted by Crippen LogP contribution is -2.24. The van der Waals surface area contributed by atoms with Gasteiger partial charge in [0.05, 0.1) is 0 Å². The summed E-state index contributed by atoms with van der Waals surface area (Å²) in [5, 5.41) is 0.945. The van der Waals surface area contributed by atoms with Gasteiger partial charge in [-0.2, -0.15) is 0 Å². The Kier molecular flexibility index (Phi) is 4.01. The Balaban J connectivity index is 2.47. The molecule has 1 radical (unpaired) electrons. The van der Waals surface area contributed by atoms with Crippen molar-refractivity contribution in [2.24, 2.45) is 0 Å². The third-order valence-electron chi connectivity index (χ3n) is 3.17. The SMILES string of the molecule is [CH2]C(CCBr)(c1ccccc1)c1ccccc1. The fourth-order valence-electron chi connectivity index (χ4n) is 2.13. The zero-order valence-corrected chi connectivity index (χ0v) is 11.4. The topological polar surface area (TPSA) is 0 Å². The van der Waals surface area contributed by atoms with E-state index in [4.69, 9.17) is 0 Å². The molecule has 0 atom stereocenters. The molecule has 1 heteroatoms. The second-order valence-electron chi connectivity index (χ2n) is 4.25. The van der Waals surface area contributed by atoms with Gasteiger partial charge in [0.15, 0.2) is 0 Å². The molecule has 0 N–H and O–H groups in total. The van der Waals surface area contributed by atoms with Crippen molar-refractivity contribution in [3.8, 4) is 0 Å². The quantitative estimate of drug-likeness (QED) is 0.722. The van der Waals surface area contributed by atoms with E-state index >= 15 is 0 Å². The van der Waals surface area contributed by atoms with E-state index in [1.165, 1.54) is 11.1 Å². The molecule has 0 aliphatic rings. The van der Waals surface area contributed by atoms with Crippen LogP contribution in [0.25, 0.3) is 0 Å². The first-order valence-corrected chi connectivity index (χ1v) is 6.92. The first-order valence-electron chi connectivity index (χ1n) is 5.80. The van der Waals surface area contributed by atoms with Crippen LogP contribution >= 0.6 is 15.9 Å². The fourth-order valence-corrected chi connectivity index (χ4v) is 2.81. The molecule has 0 heterocycles. The van der Waals surface area contributed by atoms with E-state index in [9.17, 15) is 0 Å². The van der Waals surface area contributed by atoms with E-state index in [0.29, 0.717) is 0 Å². The minimum absolute atomic E-state index is 0.161. The lowest BCUT2D eigenvalue weighted by Gasteiger charge is -2.30. The van der Waals surface area contributed by atoms with Crippen LogP contribution in [0.2, 0.25) is 0 Å². The summed E-state index contributed by atoms with van der Waals surface area (Å²) in [6.07, 6.45) is 0.987. The molecule has 0 aliphatic carbocycles. The van der Waals surface area contributed by atoms with Crippen molar-refractivity contribution in [2.75, 3.05) is 5.33 Å². The zero-order chi connectivity index (χ0) is 12.1. The Hall–Kier alpha value is -1.08. The van der Waals surface area contributed by atoms with Gasteiger partial charge in [-0.3, -0.25) is 0 Å². The number of alkyl halides is 1. The van der Waals surface area contributed by atoms with E-state index in [1.54, 1.807) is 0 Å². The van der Waals surface area contributed by atoms with E-state index < -0.39 is 0 Å². The lowest BCUT2D eigenvalue weighted by molar-refractivity contribution is 0.621. The van der Waals surface area contributed by atoms with Crippen molar-refractivity contribution in [3.05, 3.63) is 78.7 Å². The van der Waals surface area contributed by atoms with Crippen LogP contribution in [0.5, 0.6) is 0 Å². The summed E-state index contributed by atoms with van der Waals surface area (Å²) in [5.41, 5.74) is 2.38. The van der Waals surface area contributed by atoms with Crippen molar-refractivity contribution in [1.82, 2.24) is 0 Å². The average Bonchev–Trinajstić information content (AvgIpc) is 2.41. The van der Waals surface area contributed by atoms with Crippen molar-refractivity contribution in [1.29, 1.82) is 0 Å². The fraction of sp³-hybridized carbons (Fsp3) is 0.188. The van der Waals surface area contributed by atoms with Crippen LogP contribution in [0, 0.1) is 6.92 Å². The first-order chi connectivity index (χ1) is 8.27. The maximum Gasteiger partial charge on any atom is 0.0211 e. The summed E-state index contributed by atoms with van der Waals surface area (Å²) >= 11 is 3.54. The van der Waals surface area contributed by atoms with Crippen LogP contribution in [-0.2, 0) is 5.41 Å². The van der Waals surface area contributed by atoms with Crippen molar-refractivity contribution in [2.45, 2.75) is 11.8 Å². The van der Waals surface area contributed by atoms with Crippen LogP contribution in [0.15, 0.2) is 60.7 Å². The maximum atomic E-state index is 4.47. The largest absolute Gasteiger partial charge is 0.0928 e. The highest BCUT2D eigenvalue weighted by molar-refractivity contribution is 9.09. The van der Waals surface area contributed by atoms with Gasteiger partial charge in [-0.05, 0) is 24.5 Å². The molecule has 0 nitrogen and oxygen atoms in total. The van der Waals surface area contributed by atoms with Gasteiger partial charge in [-0.1, -0.05) is 76.6 Å². The van der Waals surface area contributed by atoms with Crippen LogP contribution in [0.3, 0.4) is 0 Å². The molecule has 87 valence electrons. The Morgan fingerprint density at radius 3 is 1.59 bits per heavy atom. The van der Waals surface area contributed by atoms with Gasteiger partial charge in [-0.15, -0.1) is 0 Å². The Bertz CT molecular complexity index is 408. The Morgan fingerprint density at radius 1 is 0.824 bits per heavy atom.